The first kappa shape index (κ1) is 16.1. The van der Waals surface area contributed by atoms with Gasteiger partial charge in [0, 0.05) is 17.7 Å². The third-order valence-corrected chi connectivity index (χ3v) is 5.71. The lowest BCUT2D eigenvalue weighted by molar-refractivity contribution is -0.123. The van der Waals surface area contributed by atoms with Gasteiger partial charge in [0.25, 0.3) is 0 Å². The normalized spacial score (nSPS) is 22.4. The highest BCUT2D eigenvalue weighted by Crippen LogP contribution is 2.38. The fraction of sp³-hybridized carbons (Fsp3) is 0.429. The van der Waals surface area contributed by atoms with Gasteiger partial charge in [-0.05, 0) is 49.8 Å². The summed E-state index contributed by atoms with van der Waals surface area (Å²) >= 11 is 0. The highest BCUT2D eigenvalue weighted by Gasteiger charge is 2.32. The fourth-order valence-corrected chi connectivity index (χ4v) is 4.11. The summed E-state index contributed by atoms with van der Waals surface area (Å²) in [6, 6.07) is 12.0. The maximum Gasteiger partial charge on any atom is 0.230 e. The van der Waals surface area contributed by atoms with Crippen molar-refractivity contribution in [2.24, 2.45) is 11.8 Å². The van der Waals surface area contributed by atoms with E-state index in [0.29, 0.717) is 6.54 Å². The van der Waals surface area contributed by atoms with Crippen LogP contribution in [0.1, 0.15) is 44.6 Å². The number of rotatable bonds is 2. The molecule has 0 saturated heterocycles. The zero-order valence-electron chi connectivity index (χ0n) is 14.7. The molecule has 130 valence electrons. The molecule has 25 heavy (non-hydrogen) atoms. The number of nitrogens with one attached hydrogen (secondary N) is 1. The summed E-state index contributed by atoms with van der Waals surface area (Å²) < 4.78 is 0. The molecule has 0 radical (unpaired) electrons. The maximum absolute atomic E-state index is 13.4. The van der Waals surface area contributed by atoms with E-state index in [4.69, 9.17) is 0 Å². The molecule has 4 heteroatoms. The van der Waals surface area contributed by atoms with Crippen LogP contribution in [0.2, 0.25) is 0 Å². The Morgan fingerprint density at radius 3 is 2.76 bits per heavy atom. The van der Waals surface area contributed by atoms with Gasteiger partial charge in [0.15, 0.2) is 0 Å². The van der Waals surface area contributed by atoms with Crippen molar-refractivity contribution in [1.82, 2.24) is 4.98 Å². The van der Waals surface area contributed by atoms with Crippen LogP contribution in [0.3, 0.4) is 0 Å². The number of hydrogen-bond acceptors (Lipinski definition) is 3. The molecule has 4 nitrogen and oxygen atoms in total. The molecule has 1 saturated carbocycles. The molecule has 2 aliphatic rings. The van der Waals surface area contributed by atoms with E-state index in [1.807, 2.05) is 35.2 Å². The number of fused-ring (bicyclic) bond motifs is 2. The molecule has 1 N–H and O–H groups in total. The first-order valence-corrected chi connectivity index (χ1v) is 9.37. The van der Waals surface area contributed by atoms with Crippen LogP contribution in [0.4, 0.5) is 17.2 Å². The molecule has 1 aromatic heterocycles. The second kappa shape index (κ2) is 6.87. The molecule has 0 spiro atoms. The van der Waals surface area contributed by atoms with Crippen LogP contribution < -0.4 is 10.2 Å². The average Bonchev–Trinajstić information content (AvgIpc) is 2.84. The van der Waals surface area contributed by atoms with Crippen molar-refractivity contribution in [3.05, 3.63) is 48.2 Å². The molecule has 0 bridgehead atoms. The first-order chi connectivity index (χ1) is 12.3. The summed E-state index contributed by atoms with van der Waals surface area (Å²) in [6.45, 7) is 2.84. The van der Waals surface area contributed by atoms with Crippen LogP contribution in [0.25, 0.3) is 0 Å². The Morgan fingerprint density at radius 2 is 1.96 bits per heavy atom. The van der Waals surface area contributed by atoms with E-state index in [1.165, 1.54) is 19.3 Å². The van der Waals surface area contributed by atoms with E-state index in [9.17, 15) is 4.79 Å². The Kier molecular flexibility index (Phi) is 4.43. The van der Waals surface area contributed by atoms with Crippen molar-refractivity contribution >= 4 is 23.1 Å². The van der Waals surface area contributed by atoms with E-state index in [0.717, 1.165) is 41.5 Å². The molecule has 1 aliphatic heterocycles. The molecular weight excluding hydrogens is 310 g/mol. The number of benzene rings is 1. The third-order valence-electron chi connectivity index (χ3n) is 5.71. The van der Waals surface area contributed by atoms with Gasteiger partial charge in [-0.1, -0.05) is 31.5 Å². The topological polar surface area (TPSA) is 45.2 Å². The predicted molar refractivity (Wildman–Crippen MR) is 101 cm³/mol. The molecule has 2 heterocycles. The fourth-order valence-electron chi connectivity index (χ4n) is 4.11. The molecule has 1 aromatic carbocycles. The van der Waals surface area contributed by atoms with Crippen LogP contribution >= 0.6 is 0 Å². The van der Waals surface area contributed by atoms with Gasteiger partial charge >= 0.3 is 0 Å². The van der Waals surface area contributed by atoms with E-state index in [1.54, 1.807) is 6.20 Å². The smallest absolute Gasteiger partial charge is 0.230 e. The van der Waals surface area contributed by atoms with Crippen LogP contribution in [-0.2, 0) is 11.3 Å². The SMILES string of the molecule is CC[C@H]1CC[C@H](C(=O)N2Cc3cccnc3Nc3ccccc32)CC1. The van der Waals surface area contributed by atoms with Gasteiger partial charge in [0.05, 0.1) is 17.9 Å². The number of carbonyl (C=O) groups is 1. The van der Waals surface area contributed by atoms with Crippen LogP contribution in [-0.4, -0.2) is 10.9 Å². The minimum Gasteiger partial charge on any atom is -0.338 e. The van der Waals surface area contributed by atoms with Crippen LogP contribution in [0, 0.1) is 11.8 Å². The molecule has 1 aliphatic carbocycles. The summed E-state index contributed by atoms with van der Waals surface area (Å²) in [5, 5.41) is 3.40. The second-order valence-corrected chi connectivity index (χ2v) is 7.20. The predicted octanol–water partition coefficient (Wildman–Crippen LogP) is 4.89. The summed E-state index contributed by atoms with van der Waals surface area (Å²) in [4.78, 5) is 19.8. The Hall–Kier alpha value is -2.36. The Labute approximate surface area is 149 Å². The molecule has 0 atom stereocenters. The largest absolute Gasteiger partial charge is 0.338 e. The summed E-state index contributed by atoms with van der Waals surface area (Å²) in [7, 11) is 0. The van der Waals surface area contributed by atoms with Gasteiger partial charge in [-0.15, -0.1) is 0 Å². The average molecular weight is 335 g/mol. The third kappa shape index (κ3) is 3.13. The number of hydrogen-bond donors (Lipinski definition) is 1. The lowest BCUT2D eigenvalue weighted by Crippen LogP contribution is -2.37. The molecule has 2 aromatic rings. The number of pyridine rings is 1. The number of aromatic nitrogens is 1. The first-order valence-electron chi connectivity index (χ1n) is 9.37. The second-order valence-electron chi connectivity index (χ2n) is 7.20. The van der Waals surface area contributed by atoms with Gasteiger partial charge < -0.3 is 10.2 Å². The van der Waals surface area contributed by atoms with Crippen molar-refractivity contribution < 1.29 is 4.79 Å². The number of anilines is 3. The Morgan fingerprint density at radius 1 is 1.16 bits per heavy atom. The Balaban J connectivity index is 1.65. The van der Waals surface area contributed by atoms with Gasteiger partial charge in [0.2, 0.25) is 5.91 Å². The monoisotopic (exact) mass is 335 g/mol. The van der Waals surface area contributed by atoms with Crippen molar-refractivity contribution in [3.63, 3.8) is 0 Å². The highest BCUT2D eigenvalue weighted by atomic mass is 16.2. The van der Waals surface area contributed by atoms with Crippen molar-refractivity contribution in [1.29, 1.82) is 0 Å². The van der Waals surface area contributed by atoms with Gasteiger partial charge in [0.1, 0.15) is 5.82 Å². The lowest BCUT2D eigenvalue weighted by Gasteiger charge is -2.32. The highest BCUT2D eigenvalue weighted by molar-refractivity contribution is 5.99. The van der Waals surface area contributed by atoms with E-state index in [-0.39, 0.29) is 11.8 Å². The minimum absolute atomic E-state index is 0.147. The summed E-state index contributed by atoms with van der Waals surface area (Å²) in [5.74, 6) is 2.06. The van der Waals surface area contributed by atoms with E-state index >= 15 is 0 Å². The number of nitrogens with zero attached hydrogens (tertiary/aromatic N) is 2. The zero-order chi connectivity index (χ0) is 17.2. The van der Waals surface area contributed by atoms with E-state index < -0.39 is 0 Å². The van der Waals surface area contributed by atoms with Crippen molar-refractivity contribution in [2.75, 3.05) is 10.2 Å². The quantitative estimate of drug-likeness (QED) is 0.850. The molecule has 1 amide bonds. The Bertz CT molecular complexity index is 765. The van der Waals surface area contributed by atoms with Crippen LogP contribution in [0.5, 0.6) is 0 Å². The number of para-hydroxylation sites is 2. The van der Waals surface area contributed by atoms with Crippen molar-refractivity contribution in [3.8, 4) is 0 Å². The maximum atomic E-state index is 13.4. The van der Waals surface area contributed by atoms with Gasteiger partial charge in [-0.2, -0.15) is 0 Å². The van der Waals surface area contributed by atoms with Crippen molar-refractivity contribution in [2.45, 2.75) is 45.6 Å². The summed E-state index contributed by atoms with van der Waals surface area (Å²) in [5.41, 5.74) is 2.98. The number of carbonyl (C=O) groups excluding carboxylic acids is 1. The van der Waals surface area contributed by atoms with Gasteiger partial charge in [-0.3, -0.25) is 4.79 Å². The van der Waals surface area contributed by atoms with Crippen LogP contribution in [0.15, 0.2) is 42.6 Å². The zero-order valence-corrected chi connectivity index (χ0v) is 14.7. The standard InChI is InChI=1S/C21H25N3O/c1-2-15-9-11-16(12-10-15)21(25)24-14-17-6-5-13-22-20(17)23-18-7-3-4-8-19(18)24/h3-8,13,15-16H,2,9-12,14H2,1H3,(H,22,23)/t15-,16-. The lowest BCUT2D eigenvalue weighted by atomic mass is 9.80. The molecule has 1 fully saturated rings. The number of amides is 1. The molecule has 4 rings (SSSR count). The summed E-state index contributed by atoms with van der Waals surface area (Å²) in [6.07, 6.45) is 7.42. The molecule has 0 unspecified atom stereocenters. The minimum atomic E-state index is 0.147. The van der Waals surface area contributed by atoms with E-state index in [2.05, 4.69) is 23.3 Å². The molecular formula is C21H25N3O. The van der Waals surface area contributed by atoms with Gasteiger partial charge in [-0.25, -0.2) is 4.98 Å².